The second-order valence-corrected chi connectivity index (χ2v) is 7.41. The Kier molecular flexibility index (Phi) is 5.64. The predicted molar refractivity (Wildman–Crippen MR) is 97.0 cm³/mol. The molecular weight excluding hydrogens is 302 g/mol. The van der Waals surface area contributed by atoms with Gasteiger partial charge in [-0.1, -0.05) is 6.07 Å². The van der Waals surface area contributed by atoms with Crippen LogP contribution in [0.15, 0.2) is 18.2 Å². The molecule has 0 bridgehead atoms. The number of rotatable bonds is 6. The van der Waals surface area contributed by atoms with Crippen molar-refractivity contribution in [3.05, 3.63) is 23.8 Å². The van der Waals surface area contributed by atoms with Crippen LogP contribution in [-0.4, -0.2) is 69.3 Å². The van der Waals surface area contributed by atoms with Gasteiger partial charge in [-0.3, -0.25) is 0 Å². The summed E-state index contributed by atoms with van der Waals surface area (Å²) in [4.78, 5) is 4.97. The first-order valence-corrected chi connectivity index (χ1v) is 9.11. The van der Waals surface area contributed by atoms with Crippen LogP contribution < -0.4 is 14.8 Å². The molecule has 3 rings (SSSR count). The second kappa shape index (κ2) is 7.72. The van der Waals surface area contributed by atoms with Crippen LogP contribution >= 0.6 is 0 Å². The minimum Gasteiger partial charge on any atom is -0.486 e. The van der Waals surface area contributed by atoms with E-state index in [2.05, 4.69) is 48.1 Å². The fraction of sp³-hybridized carbons (Fsp3) is 0.684. The van der Waals surface area contributed by atoms with E-state index < -0.39 is 0 Å². The summed E-state index contributed by atoms with van der Waals surface area (Å²) in [5.41, 5.74) is 1.17. The Morgan fingerprint density at radius 1 is 1.04 bits per heavy atom. The molecule has 0 unspecified atom stereocenters. The zero-order valence-corrected chi connectivity index (χ0v) is 15.3. The van der Waals surface area contributed by atoms with E-state index in [0.29, 0.717) is 13.2 Å². The quantitative estimate of drug-likeness (QED) is 0.805. The summed E-state index contributed by atoms with van der Waals surface area (Å²) in [5, 5.41) is 3.70. The molecule has 5 nitrogen and oxygen atoms in total. The molecule has 0 atom stereocenters. The molecule has 2 aliphatic rings. The van der Waals surface area contributed by atoms with Crippen molar-refractivity contribution in [3.8, 4) is 11.5 Å². The van der Waals surface area contributed by atoms with Gasteiger partial charge in [0.1, 0.15) is 13.2 Å². The van der Waals surface area contributed by atoms with Crippen LogP contribution in [0.5, 0.6) is 11.5 Å². The first-order valence-electron chi connectivity index (χ1n) is 9.11. The maximum absolute atomic E-state index is 5.71. The highest BCUT2D eigenvalue weighted by Crippen LogP contribution is 2.34. The minimum atomic E-state index is -0.0715. The molecule has 2 aliphatic heterocycles. The molecule has 134 valence electrons. The van der Waals surface area contributed by atoms with E-state index in [1.165, 1.54) is 44.7 Å². The van der Waals surface area contributed by atoms with Crippen LogP contribution in [-0.2, 0) is 5.54 Å². The Hall–Kier alpha value is -1.30. The molecule has 1 aromatic carbocycles. The monoisotopic (exact) mass is 333 g/mol. The van der Waals surface area contributed by atoms with Crippen LogP contribution in [0.1, 0.15) is 25.8 Å². The van der Waals surface area contributed by atoms with Gasteiger partial charge < -0.3 is 24.6 Å². The number of ether oxygens (including phenoxy) is 2. The second-order valence-electron chi connectivity index (χ2n) is 7.41. The van der Waals surface area contributed by atoms with E-state index in [1.54, 1.807) is 0 Å². The van der Waals surface area contributed by atoms with Crippen molar-refractivity contribution in [1.29, 1.82) is 0 Å². The number of likely N-dealkylation sites (N-methyl/N-ethyl adjacent to an activating group) is 1. The number of piperazine rings is 1. The van der Waals surface area contributed by atoms with Gasteiger partial charge in [-0.15, -0.1) is 0 Å². The SMILES string of the molecule is CN1CCN(CCCNC(C)(C)c2ccc3c(c2)OCCO3)CC1. The largest absolute Gasteiger partial charge is 0.486 e. The molecule has 24 heavy (non-hydrogen) atoms. The number of nitrogens with zero attached hydrogens (tertiary/aromatic N) is 2. The number of fused-ring (bicyclic) bond motifs is 1. The molecule has 0 radical (unpaired) electrons. The molecule has 1 saturated heterocycles. The average Bonchev–Trinajstić information content (AvgIpc) is 2.60. The van der Waals surface area contributed by atoms with E-state index in [4.69, 9.17) is 9.47 Å². The van der Waals surface area contributed by atoms with Gasteiger partial charge in [0.2, 0.25) is 0 Å². The van der Waals surface area contributed by atoms with Crippen molar-refractivity contribution in [1.82, 2.24) is 15.1 Å². The lowest BCUT2D eigenvalue weighted by molar-refractivity contribution is 0.151. The molecule has 5 heteroatoms. The molecule has 0 saturated carbocycles. The molecule has 2 heterocycles. The Balaban J connectivity index is 1.47. The highest BCUT2D eigenvalue weighted by molar-refractivity contribution is 5.45. The summed E-state index contributed by atoms with van der Waals surface area (Å²) < 4.78 is 11.3. The Morgan fingerprint density at radius 3 is 2.50 bits per heavy atom. The number of hydrogen-bond donors (Lipinski definition) is 1. The summed E-state index contributed by atoms with van der Waals surface area (Å²) in [7, 11) is 2.20. The maximum atomic E-state index is 5.71. The van der Waals surface area contributed by atoms with Crippen molar-refractivity contribution in [2.45, 2.75) is 25.8 Å². The van der Waals surface area contributed by atoms with Gasteiger partial charge in [-0.2, -0.15) is 0 Å². The van der Waals surface area contributed by atoms with Gasteiger partial charge in [-0.05, 0) is 58.1 Å². The summed E-state index contributed by atoms with van der Waals surface area (Å²) in [5.74, 6) is 1.72. The first kappa shape index (κ1) is 17.5. The van der Waals surface area contributed by atoms with E-state index in [-0.39, 0.29) is 5.54 Å². The molecular formula is C19H31N3O2. The highest BCUT2D eigenvalue weighted by Gasteiger charge is 2.23. The lowest BCUT2D eigenvalue weighted by Crippen LogP contribution is -2.45. The predicted octanol–water partition coefficient (Wildman–Crippen LogP) is 1.92. The first-order chi connectivity index (χ1) is 11.5. The molecule has 0 spiro atoms. The van der Waals surface area contributed by atoms with Crippen molar-refractivity contribution in [3.63, 3.8) is 0 Å². The Morgan fingerprint density at radius 2 is 1.75 bits per heavy atom. The van der Waals surface area contributed by atoms with Gasteiger partial charge >= 0.3 is 0 Å². The van der Waals surface area contributed by atoms with Gasteiger partial charge in [0.25, 0.3) is 0 Å². The molecule has 1 fully saturated rings. The van der Waals surface area contributed by atoms with Crippen molar-refractivity contribution >= 4 is 0 Å². The molecule has 0 aliphatic carbocycles. The standard InChI is InChI=1S/C19H31N3O2/c1-19(2,16-5-6-17-18(15-16)24-14-13-23-17)20-7-4-8-22-11-9-21(3)10-12-22/h5-6,15,20H,4,7-14H2,1-3H3. The topological polar surface area (TPSA) is 37.0 Å². The Labute approximate surface area is 145 Å². The van der Waals surface area contributed by atoms with Crippen LogP contribution in [0.2, 0.25) is 0 Å². The Bertz CT molecular complexity index is 539. The molecule has 1 aromatic rings. The fourth-order valence-corrected chi connectivity index (χ4v) is 3.31. The van der Waals surface area contributed by atoms with Crippen molar-refractivity contribution < 1.29 is 9.47 Å². The normalized spacial score (nSPS) is 19.5. The van der Waals surface area contributed by atoms with Crippen molar-refractivity contribution in [2.24, 2.45) is 0 Å². The third-order valence-corrected chi connectivity index (χ3v) is 5.08. The van der Waals surface area contributed by atoms with Gasteiger partial charge in [0.15, 0.2) is 11.5 Å². The third-order valence-electron chi connectivity index (χ3n) is 5.08. The number of hydrogen-bond acceptors (Lipinski definition) is 5. The zero-order chi connectivity index (χ0) is 17.0. The maximum Gasteiger partial charge on any atom is 0.161 e. The zero-order valence-electron chi connectivity index (χ0n) is 15.3. The fourth-order valence-electron chi connectivity index (χ4n) is 3.31. The van der Waals surface area contributed by atoms with E-state index in [1.807, 2.05) is 6.07 Å². The third kappa shape index (κ3) is 4.41. The summed E-state index contributed by atoms with van der Waals surface area (Å²) in [6.07, 6.45) is 1.18. The molecule has 1 N–H and O–H groups in total. The van der Waals surface area contributed by atoms with E-state index >= 15 is 0 Å². The van der Waals surface area contributed by atoms with Crippen LogP contribution in [0.3, 0.4) is 0 Å². The number of nitrogens with one attached hydrogen (secondary N) is 1. The lowest BCUT2D eigenvalue weighted by Gasteiger charge is -2.33. The van der Waals surface area contributed by atoms with Crippen molar-refractivity contribution in [2.75, 3.05) is 59.5 Å². The van der Waals surface area contributed by atoms with Gasteiger partial charge in [0.05, 0.1) is 0 Å². The summed E-state index contributed by atoms with van der Waals surface area (Å²) >= 11 is 0. The van der Waals surface area contributed by atoms with Gasteiger partial charge in [-0.25, -0.2) is 0 Å². The minimum absolute atomic E-state index is 0.0715. The summed E-state index contributed by atoms with van der Waals surface area (Å²) in [6, 6.07) is 6.28. The van der Waals surface area contributed by atoms with E-state index in [0.717, 1.165) is 18.0 Å². The van der Waals surface area contributed by atoms with Crippen LogP contribution in [0.4, 0.5) is 0 Å². The van der Waals surface area contributed by atoms with Gasteiger partial charge in [0, 0.05) is 31.7 Å². The van der Waals surface area contributed by atoms with E-state index in [9.17, 15) is 0 Å². The summed E-state index contributed by atoms with van der Waals surface area (Å²) in [6.45, 7) is 12.7. The smallest absolute Gasteiger partial charge is 0.161 e. The average molecular weight is 333 g/mol. The van der Waals surface area contributed by atoms with Crippen LogP contribution in [0, 0.1) is 0 Å². The van der Waals surface area contributed by atoms with Crippen LogP contribution in [0.25, 0.3) is 0 Å². The lowest BCUT2D eigenvalue weighted by atomic mass is 9.93. The highest BCUT2D eigenvalue weighted by atomic mass is 16.6. The molecule has 0 amide bonds. The number of benzene rings is 1. The molecule has 0 aromatic heterocycles.